The van der Waals surface area contributed by atoms with E-state index in [-0.39, 0.29) is 5.69 Å². The van der Waals surface area contributed by atoms with Crippen molar-refractivity contribution in [2.45, 2.75) is 0 Å². The first kappa shape index (κ1) is 12.0. The zero-order valence-corrected chi connectivity index (χ0v) is 9.92. The molecule has 2 rings (SSSR count). The predicted molar refractivity (Wildman–Crippen MR) is 71.0 cm³/mol. The Morgan fingerprint density at radius 3 is 2.44 bits per heavy atom. The molecule has 0 spiro atoms. The third-order valence-corrected chi connectivity index (χ3v) is 2.39. The molecule has 1 aromatic carbocycles. The fourth-order valence-electron chi connectivity index (χ4n) is 1.42. The van der Waals surface area contributed by atoms with Gasteiger partial charge < -0.3 is 0 Å². The molecule has 0 fully saturated rings. The molecule has 18 heavy (non-hydrogen) atoms. The lowest BCUT2D eigenvalue weighted by Crippen LogP contribution is -1.89. The van der Waals surface area contributed by atoms with Crippen LogP contribution in [0.5, 0.6) is 0 Å². The topological polar surface area (TPSA) is 68.4 Å². The minimum atomic E-state index is -0.478. The van der Waals surface area contributed by atoms with Crippen molar-refractivity contribution >= 4 is 28.8 Å². The summed E-state index contributed by atoms with van der Waals surface area (Å²) >= 11 is 4.51. The number of pyridine rings is 1. The van der Waals surface area contributed by atoms with Crippen LogP contribution in [0.4, 0.5) is 11.4 Å². The third-order valence-electron chi connectivity index (χ3n) is 2.30. The van der Waals surface area contributed by atoms with Crippen molar-refractivity contribution in [2.75, 3.05) is 0 Å². The highest BCUT2D eigenvalue weighted by Crippen LogP contribution is 2.22. The Morgan fingerprint density at radius 2 is 1.94 bits per heavy atom. The van der Waals surface area contributed by atoms with E-state index in [4.69, 9.17) is 0 Å². The van der Waals surface area contributed by atoms with E-state index in [1.165, 1.54) is 12.3 Å². The van der Waals surface area contributed by atoms with Gasteiger partial charge in [0.15, 0.2) is 0 Å². The van der Waals surface area contributed by atoms with Gasteiger partial charge in [-0.1, -0.05) is 12.1 Å². The van der Waals surface area contributed by atoms with Gasteiger partial charge in [-0.25, -0.2) is 4.98 Å². The Hall–Kier alpha value is -2.43. The number of aliphatic imine (C=N–C) groups is 1. The normalized spacial score (nSPS) is 9.56. The van der Waals surface area contributed by atoms with Gasteiger partial charge in [0, 0.05) is 11.6 Å². The van der Waals surface area contributed by atoms with E-state index in [1.54, 1.807) is 18.2 Å². The minimum Gasteiger partial charge on any atom is -0.258 e. The quantitative estimate of drug-likeness (QED) is 0.366. The van der Waals surface area contributed by atoms with Gasteiger partial charge in [0.1, 0.15) is 6.20 Å². The van der Waals surface area contributed by atoms with Crippen molar-refractivity contribution in [1.82, 2.24) is 4.98 Å². The van der Waals surface area contributed by atoms with Gasteiger partial charge in [-0.15, -0.1) is 0 Å². The van der Waals surface area contributed by atoms with Gasteiger partial charge in [0.25, 0.3) is 5.69 Å². The Balaban J connectivity index is 2.31. The molecule has 6 heteroatoms. The van der Waals surface area contributed by atoms with Crippen molar-refractivity contribution in [3.8, 4) is 11.3 Å². The molecule has 88 valence electrons. The second kappa shape index (κ2) is 5.27. The van der Waals surface area contributed by atoms with Crippen molar-refractivity contribution in [1.29, 1.82) is 0 Å². The summed E-state index contributed by atoms with van der Waals surface area (Å²) < 4.78 is 0. The van der Waals surface area contributed by atoms with Crippen LogP contribution in [-0.4, -0.2) is 15.1 Å². The van der Waals surface area contributed by atoms with Crippen LogP contribution < -0.4 is 0 Å². The molecule has 0 N–H and O–H groups in total. The Labute approximate surface area is 108 Å². The van der Waals surface area contributed by atoms with Crippen LogP contribution in [0, 0.1) is 10.1 Å². The van der Waals surface area contributed by atoms with Crippen LogP contribution in [0.2, 0.25) is 0 Å². The van der Waals surface area contributed by atoms with Crippen LogP contribution in [-0.2, 0) is 0 Å². The third kappa shape index (κ3) is 2.63. The summed E-state index contributed by atoms with van der Waals surface area (Å²) in [7, 11) is 0. The number of thiocarbonyl (C=S) groups is 1. The van der Waals surface area contributed by atoms with Crippen molar-refractivity contribution < 1.29 is 4.92 Å². The standard InChI is InChI=1S/C12H7N3O2S/c16-15(17)11-5-6-12(13-7-11)9-1-3-10(4-2-9)14-8-18/h1-7H. The van der Waals surface area contributed by atoms with Gasteiger partial charge in [-0.2, -0.15) is 4.99 Å². The molecule has 1 heterocycles. The number of hydrogen-bond donors (Lipinski definition) is 0. The average Bonchev–Trinajstić information content (AvgIpc) is 2.40. The van der Waals surface area contributed by atoms with Crippen LogP contribution in [0.25, 0.3) is 11.3 Å². The number of aromatic nitrogens is 1. The summed E-state index contributed by atoms with van der Waals surface area (Å²) in [6, 6.07) is 10.2. The van der Waals surface area contributed by atoms with E-state index in [2.05, 4.69) is 27.4 Å². The van der Waals surface area contributed by atoms with E-state index < -0.39 is 4.92 Å². The summed E-state index contributed by atoms with van der Waals surface area (Å²) in [6.45, 7) is 0. The molecule has 0 saturated heterocycles. The Kier molecular flexibility index (Phi) is 3.52. The SMILES string of the molecule is O=[N+]([O-])c1ccc(-c2ccc(N=C=S)cc2)nc1. The van der Waals surface area contributed by atoms with Gasteiger partial charge in [-0.3, -0.25) is 10.1 Å². The Bertz CT molecular complexity index is 573. The first-order chi connectivity index (χ1) is 8.70. The number of nitro groups is 1. The number of rotatable bonds is 3. The van der Waals surface area contributed by atoms with Crippen molar-refractivity contribution in [2.24, 2.45) is 4.99 Å². The molecule has 5 nitrogen and oxygen atoms in total. The first-order valence-corrected chi connectivity index (χ1v) is 5.40. The lowest BCUT2D eigenvalue weighted by Gasteiger charge is -2.00. The second-order valence-electron chi connectivity index (χ2n) is 3.41. The predicted octanol–water partition coefficient (Wildman–Crippen LogP) is 3.39. The van der Waals surface area contributed by atoms with Crippen molar-refractivity contribution in [3.63, 3.8) is 0 Å². The number of isothiocyanates is 1. The van der Waals surface area contributed by atoms with Crippen LogP contribution in [0.3, 0.4) is 0 Å². The molecule has 0 amide bonds. The highest BCUT2D eigenvalue weighted by molar-refractivity contribution is 7.78. The largest absolute Gasteiger partial charge is 0.287 e. The molecule has 0 aliphatic heterocycles. The van der Waals surface area contributed by atoms with E-state index in [1.807, 2.05) is 12.1 Å². The molecule has 0 unspecified atom stereocenters. The lowest BCUT2D eigenvalue weighted by atomic mass is 10.1. The van der Waals surface area contributed by atoms with E-state index in [0.717, 1.165) is 5.56 Å². The zero-order chi connectivity index (χ0) is 13.0. The first-order valence-electron chi connectivity index (χ1n) is 4.99. The van der Waals surface area contributed by atoms with Crippen LogP contribution in [0.15, 0.2) is 47.6 Å². The van der Waals surface area contributed by atoms with Gasteiger partial charge in [0.05, 0.1) is 21.5 Å². The second-order valence-corrected chi connectivity index (χ2v) is 3.59. The molecular weight excluding hydrogens is 250 g/mol. The highest BCUT2D eigenvalue weighted by Gasteiger charge is 2.06. The van der Waals surface area contributed by atoms with Gasteiger partial charge >= 0.3 is 0 Å². The number of nitrogens with zero attached hydrogens (tertiary/aromatic N) is 3. The van der Waals surface area contributed by atoms with Gasteiger partial charge in [-0.05, 0) is 30.4 Å². The van der Waals surface area contributed by atoms with Gasteiger partial charge in [0.2, 0.25) is 0 Å². The summed E-state index contributed by atoms with van der Waals surface area (Å²) in [5.41, 5.74) is 2.20. The fourth-order valence-corrected chi connectivity index (χ4v) is 1.53. The Morgan fingerprint density at radius 1 is 1.22 bits per heavy atom. The maximum atomic E-state index is 10.5. The molecule has 0 bridgehead atoms. The highest BCUT2D eigenvalue weighted by atomic mass is 32.1. The maximum Gasteiger partial charge on any atom is 0.287 e. The summed E-state index contributed by atoms with van der Waals surface area (Å²) in [5, 5.41) is 12.8. The fraction of sp³-hybridized carbons (Fsp3) is 0. The van der Waals surface area contributed by atoms with Crippen LogP contribution in [0.1, 0.15) is 0 Å². The minimum absolute atomic E-state index is 0.0272. The average molecular weight is 257 g/mol. The monoisotopic (exact) mass is 257 g/mol. The molecule has 0 aliphatic carbocycles. The summed E-state index contributed by atoms with van der Waals surface area (Å²) in [6.07, 6.45) is 1.23. The molecule has 0 atom stereocenters. The maximum absolute atomic E-state index is 10.5. The van der Waals surface area contributed by atoms with E-state index >= 15 is 0 Å². The summed E-state index contributed by atoms with van der Waals surface area (Å²) in [4.78, 5) is 17.9. The number of hydrogen-bond acceptors (Lipinski definition) is 5. The smallest absolute Gasteiger partial charge is 0.258 e. The number of benzene rings is 1. The van der Waals surface area contributed by atoms with Crippen LogP contribution >= 0.6 is 12.2 Å². The lowest BCUT2D eigenvalue weighted by molar-refractivity contribution is -0.385. The summed E-state index contributed by atoms with van der Waals surface area (Å²) in [5.74, 6) is 0. The van der Waals surface area contributed by atoms with E-state index in [0.29, 0.717) is 11.4 Å². The molecule has 0 radical (unpaired) electrons. The molecule has 1 aromatic heterocycles. The van der Waals surface area contributed by atoms with E-state index in [9.17, 15) is 10.1 Å². The molecular formula is C12H7N3O2S. The van der Waals surface area contributed by atoms with Crippen molar-refractivity contribution in [3.05, 3.63) is 52.7 Å². The molecule has 2 aromatic rings. The molecule has 0 saturated carbocycles. The zero-order valence-electron chi connectivity index (χ0n) is 9.11. The molecule has 0 aliphatic rings.